The molecule has 3 heteroatoms. The van der Waals surface area contributed by atoms with E-state index in [1.54, 1.807) is 0 Å². The number of benzene rings is 2. The number of H-pyrrole nitrogens is 1. The molecule has 0 fully saturated rings. The summed E-state index contributed by atoms with van der Waals surface area (Å²) in [5.41, 5.74) is 3.47. The molecule has 3 nitrogen and oxygen atoms in total. The number of rotatable bonds is 1. The molecule has 18 heavy (non-hydrogen) atoms. The van der Waals surface area contributed by atoms with Crippen LogP contribution in [0.2, 0.25) is 0 Å². The molecule has 0 saturated carbocycles. The van der Waals surface area contributed by atoms with Crippen molar-refractivity contribution in [3.8, 4) is 22.6 Å². The van der Waals surface area contributed by atoms with Gasteiger partial charge in [-0.2, -0.15) is 0 Å². The quantitative estimate of drug-likeness (QED) is 0.702. The van der Waals surface area contributed by atoms with E-state index in [-0.39, 0.29) is 0 Å². The highest BCUT2D eigenvalue weighted by Crippen LogP contribution is 2.36. The van der Waals surface area contributed by atoms with Gasteiger partial charge in [0.15, 0.2) is 11.5 Å². The fourth-order valence-electron chi connectivity index (χ4n) is 2.31. The Hall–Kier alpha value is -2.42. The first kappa shape index (κ1) is 9.59. The molecule has 3 aromatic rings. The molecule has 1 N–H and O–H groups in total. The zero-order valence-electron chi connectivity index (χ0n) is 9.64. The SMILES string of the molecule is c1cc2cc(-c3ccc4c(c3)OCO4)ccc2[nH]1. The Bertz CT molecular complexity index is 730. The van der Waals surface area contributed by atoms with Crippen LogP contribution in [-0.4, -0.2) is 11.8 Å². The monoisotopic (exact) mass is 237 g/mol. The van der Waals surface area contributed by atoms with Crippen LogP contribution in [0.1, 0.15) is 0 Å². The molecule has 0 saturated heterocycles. The lowest BCUT2D eigenvalue weighted by atomic mass is 10.0. The first-order chi connectivity index (χ1) is 8.90. The summed E-state index contributed by atoms with van der Waals surface area (Å²) in [6.45, 7) is 0.315. The summed E-state index contributed by atoms with van der Waals surface area (Å²) in [7, 11) is 0. The van der Waals surface area contributed by atoms with Crippen LogP contribution in [0.3, 0.4) is 0 Å². The second kappa shape index (κ2) is 3.53. The lowest BCUT2D eigenvalue weighted by Gasteiger charge is -2.03. The number of hydrogen-bond donors (Lipinski definition) is 1. The van der Waals surface area contributed by atoms with Crippen molar-refractivity contribution in [2.24, 2.45) is 0 Å². The van der Waals surface area contributed by atoms with Crippen molar-refractivity contribution in [1.29, 1.82) is 0 Å². The van der Waals surface area contributed by atoms with Crippen molar-refractivity contribution in [3.63, 3.8) is 0 Å². The Kier molecular flexibility index (Phi) is 1.88. The number of nitrogens with one attached hydrogen (secondary N) is 1. The summed E-state index contributed by atoms with van der Waals surface area (Å²) in [5, 5.41) is 1.21. The maximum absolute atomic E-state index is 5.40. The maximum Gasteiger partial charge on any atom is 0.231 e. The molecule has 2 heterocycles. The van der Waals surface area contributed by atoms with Gasteiger partial charge in [0.2, 0.25) is 6.79 Å². The summed E-state index contributed by atoms with van der Waals surface area (Å²) in [4.78, 5) is 3.20. The van der Waals surface area contributed by atoms with Gasteiger partial charge in [-0.15, -0.1) is 0 Å². The third kappa shape index (κ3) is 1.37. The Balaban J connectivity index is 1.86. The molecule has 1 aliphatic rings. The molecular weight excluding hydrogens is 226 g/mol. The van der Waals surface area contributed by atoms with Crippen molar-refractivity contribution in [3.05, 3.63) is 48.7 Å². The molecule has 4 rings (SSSR count). The van der Waals surface area contributed by atoms with E-state index in [0.29, 0.717) is 6.79 Å². The van der Waals surface area contributed by atoms with E-state index in [9.17, 15) is 0 Å². The summed E-state index contributed by atoms with van der Waals surface area (Å²) < 4.78 is 10.7. The molecule has 1 aromatic heterocycles. The Morgan fingerprint density at radius 3 is 2.67 bits per heavy atom. The van der Waals surface area contributed by atoms with Crippen LogP contribution in [-0.2, 0) is 0 Å². The van der Waals surface area contributed by atoms with Gasteiger partial charge in [-0.05, 0) is 46.8 Å². The molecule has 0 aliphatic carbocycles. The topological polar surface area (TPSA) is 34.2 Å². The summed E-state index contributed by atoms with van der Waals surface area (Å²) in [6.07, 6.45) is 1.95. The van der Waals surface area contributed by atoms with Crippen LogP contribution in [0.4, 0.5) is 0 Å². The second-order valence-corrected chi connectivity index (χ2v) is 4.35. The van der Waals surface area contributed by atoms with Crippen LogP contribution in [0.25, 0.3) is 22.0 Å². The molecule has 1 aliphatic heterocycles. The Labute approximate surface area is 104 Å². The van der Waals surface area contributed by atoms with Crippen molar-refractivity contribution in [2.75, 3.05) is 6.79 Å². The minimum Gasteiger partial charge on any atom is -0.454 e. The van der Waals surface area contributed by atoms with Gasteiger partial charge in [-0.3, -0.25) is 0 Å². The van der Waals surface area contributed by atoms with Crippen molar-refractivity contribution >= 4 is 10.9 Å². The zero-order valence-corrected chi connectivity index (χ0v) is 9.64. The summed E-state index contributed by atoms with van der Waals surface area (Å²) in [6, 6.07) is 14.5. The Morgan fingerprint density at radius 1 is 0.833 bits per heavy atom. The van der Waals surface area contributed by atoms with Gasteiger partial charge in [-0.25, -0.2) is 0 Å². The standard InChI is InChI=1S/C15H11NO2/c1-3-13-12(5-6-16-13)7-10(1)11-2-4-14-15(8-11)18-9-17-14/h1-8,16H,9H2. The van der Waals surface area contributed by atoms with Crippen LogP contribution in [0, 0.1) is 0 Å². The number of aromatic nitrogens is 1. The number of hydrogen-bond acceptors (Lipinski definition) is 2. The van der Waals surface area contributed by atoms with Crippen LogP contribution >= 0.6 is 0 Å². The zero-order chi connectivity index (χ0) is 11.9. The van der Waals surface area contributed by atoms with E-state index in [4.69, 9.17) is 9.47 Å². The summed E-state index contributed by atoms with van der Waals surface area (Å²) in [5.74, 6) is 1.64. The fourth-order valence-corrected chi connectivity index (χ4v) is 2.31. The number of ether oxygens (including phenoxy) is 2. The van der Waals surface area contributed by atoms with Crippen molar-refractivity contribution < 1.29 is 9.47 Å². The van der Waals surface area contributed by atoms with E-state index < -0.39 is 0 Å². The first-order valence-corrected chi connectivity index (χ1v) is 5.87. The molecular formula is C15H11NO2. The van der Waals surface area contributed by atoms with Crippen LogP contribution in [0.5, 0.6) is 11.5 Å². The first-order valence-electron chi connectivity index (χ1n) is 5.87. The highest BCUT2D eigenvalue weighted by atomic mass is 16.7. The van der Waals surface area contributed by atoms with E-state index in [2.05, 4.69) is 35.3 Å². The smallest absolute Gasteiger partial charge is 0.231 e. The second-order valence-electron chi connectivity index (χ2n) is 4.35. The van der Waals surface area contributed by atoms with Crippen molar-refractivity contribution in [1.82, 2.24) is 4.98 Å². The summed E-state index contributed by atoms with van der Waals surface area (Å²) >= 11 is 0. The van der Waals surface area contributed by atoms with Crippen LogP contribution < -0.4 is 9.47 Å². The van der Waals surface area contributed by atoms with Gasteiger partial charge in [0.25, 0.3) is 0 Å². The van der Waals surface area contributed by atoms with Gasteiger partial charge in [0.1, 0.15) is 0 Å². The molecule has 0 unspecified atom stereocenters. The molecule has 0 spiro atoms. The van der Waals surface area contributed by atoms with Crippen LogP contribution in [0.15, 0.2) is 48.7 Å². The number of fused-ring (bicyclic) bond motifs is 2. The third-order valence-corrected chi connectivity index (χ3v) is 3.26. The minimum absolute atomic E-state index is 0.315. The molecule has 0 bridgehead atoms. The molecule has 0 atom stereocenters. The average molecular weight is 237 g/mol. The van der Waals surface area contributed by atoms with Gasteiger partial charge < -0.3 is 14.5 Å². The van der Waals surface area contributed by atoms with E-state index in [0.717, 1.165) is 22.6 Å². The predicted molar refractivity (Wildman–Crippen MR) is 69.9 cm³/mol. The van der Waals surface area contributed by atoms with E-state index in [1.165, 1.54) is 10.9 Å². The van der Waals surface area contributed by atoms with Gasteiger partial charge in [0, 0.05) is 11.7 Å². The van der Waals surface area contributed by atoms with Gasteiger partial charge in [-0.1, -0.05) is 12.1 Å². The average Bonchev–Trinajstić information content (AvgIpc) is 3.05. The largest absolute Gasteiger partial charge is 0.454 e. The highest BCUT2D eigenvalue weighted by molar-refractivity contribution is 5.85. The van der Waals surface area contributed by atoms with E-state index in [1.807, 2.05) is 18.3 Å². The highest BCUT2D eigenvalue weighted by Gasteiger charge is 2.13. The Morgan fingerprint density at radius 2 is 1.67 bits per heavy atom. The normalized spacial score (nSPS) is 13.1. The lowest BCUT2D eigenvalue weighted by molar-refractivity contribution is 0.174. The minimum atomic E-state index is 0.315. The van der Waals surface area contributed by atoms with Crippen molar-refractivity contribution in [2.45, 2.75) is 0 Å². The van der Waals surface area contributed by atoms with Gasteiger partial charge >= 0.3 is 0 Å². The molecule has 0 radical (unpaired) electrons. The lowest BCUT2D eigenvalue weighted by Crippen LogP contribution is -1.92. The van der Waals surface area contributed by atoms with Gasteiger partial charge in [0.05, 0.1) is 0 Å². The fraction of sp³-hybridized carbons (Fsp3) is 0.0667. The molecule has 88 valence electrons. The number of aromatic amines is 1. The predicted octanol–water partition coefficient (Wildman–Crippen LogP) is 3.56. The maximum atomic E-state index is 5.40. The van der Waals surface area contributed by atoms with E-state index >= 15 is 0 Å². The molecule has 0 amide bonds. The molecule has 2 aromatic carbocycles. The third-order valence-electron chi connectivity index (χ3n) is 3.26.